The second-order valence-electron chi connectivity index (χ2n) is 2.84. The number of amides is 1. The number of hydrogen-bond acceptors (Lipinski definition) is 2. The predicted molar refractivity (Wildman–Crippen MR) is 48.0 cm³/mol. The van der Waals surface area contributed by atoms with Crippen LogP contribution in [0.2, 0.25) is 0 Å². The Hall–Kier alpha value is -1.25. The highest BCUT2D eigenvalue weighted by atomic mass is 16.2. The van der Waals surface area contributed by atoms with Crippen molar-refractivity contribution in [3.8, 4) is 0 Å². The Morgan fingerprint density at radius 2 is 2.33 bits per heavy atom. The first-order valence-electron chi connectivity index (χ1n) is 4.08. The number of nitrogens with zero attached hydrogens (tertiary/aromatic N) is 1. The Kier molecular flexibility index (Phi) is 2.91. The van der Waals surface area contributed by atoms with E-state index in [2.05, 4.69) is 17.6 Å². The van der Waals surface area contributed by atoms with Gasteiger partial charge in [-0.2, -0.15) is 0 Å². The average molecular weight is 166 g/mol. The Morgan fingerprint density at radius 3 is 2.83 bits per heavy atom. The lowest BCUT2D eigenvalue weighted by Gasteiger charge is -2.21. The Balaban J connectivity index is 2.51. The number of allylic oxidation sites excluding steroid dienone is 3. The molecule has 3 nitrogen and oxygen atoms in total. The van der Waals surface area contributed by atoms with Crippen LogP contribution in [0.5, 0.6) is 0 Å². The van der Waals surface area contributed by atoms with Gasteiger partial charge >= 0.3 is 0 Å². The highest BCUT2D eigenvalue weighted by Crippen LogP contribution is 2.10. The molecule has 0 aromatic heterocycles. The molecule has 0 aromatic carbocycles. The number of likely N-dealkylation sites (N-methyl/N-ethyl adjacent to an activating group) is 1. The molecule has 12 heavy (non-hydrogen) atoms. The van der Waals surface area contributed by atoms with Crippen LogP contribution in [-0.2, 0) is 4.79 Å². The fourth-order valence-electron chi connectivity index (χ4n) is 1.15. The molecule has 0 saturated heterocycles. The second kappa shape index (κ2) is 3.95. The van der Waals surface area contributed by atoms with E-state index in [1.165, 1.54) is 6.92 Å². The van der Waals surface area contributed by atoms with Crippen LogP contribution in [0, 0.1) is 0 Å². The van der Waals surface area contributed by atoms with Gasteiger partial charge in [0.05, 0.1) is 5.70 Å². The molecule has 1 N–H and O–H groups in total. The van der Waals surface area contributed by atoms with Crippen molar-refractivity contribution < 1.29 is 4.79 Å². The van der Waals surface area contributed by atoms with Crippen LogP contribution in [0.1, 0.15) is 19.8 Å². The van der Waals surface area contributed by atoms with Gasteiger partial charge in [0.15, 0.2) is 0 Å². The molecule has 1 amide bonds. The standard InChI is InChI=1S/C9H14N2O/c1-8(12)10-11(2)9-6-4-3-5-7-9/h4,6-7H,3,5H2,1-2H3,(H,10,12). The zero-order valence-electron chi connectivity index (χ0n) is 7.50. The maximum Gasteiger partial charge on any atom is 0.235 e. The van der Waals surface area contributed by atoms with Crippen LogP contribution in [0.25, 0.3) is 0 Å². The van der Waals surface area contributed by atoms with Crippen molar-refractivity contribution in [1.29, 1.82) is 0 Å². The second-order valence-corrected chi connectivity index (χ2v) is 2.84. The molecule has 0 radical (unpaired) electrons. The molecule has 1 aliphatic carbocycles. The van der Waals surface area contributed by atoms with Gasteiger partial charge in [-0.3, -0.25) is 15.2 Å². The first-order chi connectivity index (χ1) is 5.70. The minimum absolute atomic E-state index is 0.0441. The van der Waals surface area contributed by atoms with Crippen LogP contribution in [0.4, 0.5) is 0 Å². The van der Waals surface area contributed by atoms with Gasteiger partial charge in [0.25, 0.3) is 0 Å². The zero-order valence-corrected chi connectivity index (χ0v) is 7.50. The molecule has 0 aliphatic heterocycles. The molecule has 0 heterocycles. The summed E-state index contributed by atoms with van der Waals surface area (Å²) in [4.78, 5) is 10.7. The van der Waals surface area contributed by atoms with Crippen molar-refractivity contribution in [3.05, 3.63) is 23.9 Å². The first-order valence-corrected chi connectivity index (χ1v) is 4.08. The maximum atomic E-state index is 10.7. The summed E-state index contributed by atoms with van der Waals surface area (Å²) in [6.45, 7) is 1.50. The van der Waals surface area contributed by atoms with Gasteiger partial charge in [-0.25, -0.2) is 0 Å². The molecular formula is C9H14N2O. The molecule has 1 rings (SSSR count). The fraction of sp³-hybridized carbons (Fsp3) is 0.444. The number of hydrazine groups is 1. The number of rotatable bonds is 2. The van der Waals surface area contributed by atoms with Crippen molar-refractivity contribution in [1.82, 2.24) is 10.4 Å². The topological polar surface area (TPSA) is 32.3 Å². The lowest BCUT2D eigenvalue weighted by molar-refractivity contribution is -0.122. The summed E-state index contributed by atoms with van der Waals surface area (Å²) in [6.07, 6.45) is 8.37. The minimum atomic E-state index is -0.0441. The van der Waals surface area contributed by atoms with Gasteiger partial charge in [0.2, 0.25) is 5.91 Å². The molecule has 0 saturated carbocycles. The molecule has 3 heteroatoms. The molecule has 0 spiro atoms. The van der Waals surface area contributed by atoms with Crippen molar-refractivity contribution in [2.45, 2.75) is 19.8 Å². The summed E-state index contributed by atoms with van der Waals surface area (Å²) < 4.78 is 0. The van der Waals surface area contributed by atoms with Crippen LogP contribution < -0.4 is 5.43 Å². The van der Waals surface area contributed by atoms with E-state index in [0.29, 0.717) is 0 Å². The smallest absolute Gasteiger partial charge is 0.235 e. The van der Waals surface area contributed by atoms with Crippen LogP contribution in [0.3, 0.4) is 0 Å². The number of carbonyl (C=O) groups is 1. The zero-order chi connectivity index (χ0) is 8.97. The lowest BCUT2D eigenvalue weighted by atomic mass is 10.1. The van der Waals surface area contributed by atoms with E-state index in [0.717, 1.165) is 18.5 Å². The maximum absolute atomic E-state index is 10.7. The third-order valence-electron chi connectivity index (χ3n) is 1.69. The SMILES string of the molecule is CC(=O)NN(C)C1=CCCC=C1. The van der Waals surface area contributed by atoms with E-state index in [4.69, 9.17) is 0 Å². The molecule has 1 aliphatic rings. The van der Waals surface area contributed by atoms with E-state index < -0.39 is 0 Å². The highest BCUT2D eigenvalue weighted by Gasteiger charge is 2.03. The molecule has 0 aromatic rings. The Labute approximate surface area is 72.7 Å². The number of nitrogens with one attached hydrogen (secondary N) is 1. The van der Waals surface area contributed by atoms with Gasteiger partial charge in [0.1, 0.15) is 0 Å². The summed E-state index contributed by atoms with van der Waals surface area (Å²) in [5, 5.41) is 1.73. The molecular weight excluding hydrogens is 152 g/mol. The fourth-order valence-corrected chi connectivity index (χ4v) is 1.15. The quantitative estimate of drug-likeness (QED) is 0.625. The van der Waals surface area contributed by atoms with Crippen molar-refractivity contribution >= 4 is 5.91 Å². The largest absolute Gasteiger partial charge is 0.289 e. The Morgan fingerprint density at radius 1 is 1.58 bits per heavy atom. The highest BCUT2D eigenvalue weighted by molar-refractivity contribution is 5.72. The monoisotopic (exact) mass is 166 g/mol. The first kappa shape index (κ1) is 8.84. The molecule has 66 valence electrons. The third-order valence-corrected chi connectivity index (χ3v) is 1.69. The van der Waals surface area contributed by atoms with E-state index >= 15 is 0 Å². The van der Waals surface area contributed by atoms with Gasteiger partial charge in [-0.05, 0) is 18.9 Å². The summed E-state index contributed by atoms with van der Waals surface area (Å²) in [6, 6.07) is 0. The van der Waals surface area contributed by atoms with Gasteiger partial charge < -0.3 is 0 Å². The van der Waals surface area contributed by atoms with E-state index in [1.54, 1.807) is 5.01 Å². The van der Waals surface area contributed by atoms with E-state index in [-0.39, 0.29) is 5.91 Å². The summed E-state index contributed by atoms with van der Waals surface area (Å²) in [7, 11) is 1.84. The van der Waals surface area contributed by atoms with Crippen LogP contribution in [0.15, 0.2) is 23.9 Å². The average Bonchev–Trinajstić information content (AvgIpc) is 2.05. The van der Waals surface area contributed by atoms with Crippen molar-refractivity contribution in [2.75, 3.05) is 7.05 Å². The summed E-state index contributed by atoms with van der Waals surface area (Å²) in [5.41, 5.74) is 3.74. The summed E-state index contributed by atoms with van der Waals surface area (Å²) in [5.74, 6) is -0.0441. The Bertz CT molecular complexity index is 231. The molecule has 0 fully saturated rings. The third kappa shape index (κ3) is 2.42. The number of hydrogen-bond donors (Lipinski definition) is 1. The van der Waals surface area contributed by atoms with E-state index in [1.807, 2.05) is 13.1 Å². The normalized spacial score (nSPS) is 15.3. The van der Waals surface area contributed by atoms with E-state index in [9.17, 15) is 4.79 Å². The molecule has 0 bridgehead atoms. The summed E-state index contributed by atoms with van der Waals surface area (Å²) >= 11 is 0. The number of carbonyl (C=O) groups excluding carboxylic acids is 1. The predicted octanol–water partition coefficient (Wildman–Crippen LogP) is 1.20. The van der Waals surface area contributed by atoms with Crippen LogP contribution in [-0.4, -0.2) is 18.0 Å². The minimum Gasteiger partial charge on any atom is -0.289 e. The molecule has 0 unspecified atom stereocenters. The van der Waals surface area contributed by atoms with Crippen molar-refractivity contribution in [2.24, 2.45) is 0 Å². The lowest BCUT2D eigenvalue weighted by Crippen LogP contribution is -2.36. The van der Waals surface area contributed by atoms with Gasteiger partial charge in [-0.15, -0.1) is 0 Å². The van der Waals surface area contributed by atoms with Gasteiger partial charge in [-0.1, -0.05) is 12.2 Å². The van der Waals surface area contributed by atoms with Gasteiger partial charge in [0, 0.05) is 14.0 Å². The van der Waals surface area contributed by atoms with Crippen LogP contribution >= 0.6 is 0 Å². The van der Waals surface area contributed by atoms with Crippen molar-refractivity contribution in [3.63, 3.8) is 0 Å². The molecule has 0 atom stereocenters.